The lowest BCUT2D eigenvalue weighted by molar-refractivity contribution is 0.412. The Labute approximate surface area is 76.9 Å². The highest BCUT2D eigenvalue weighted by Gasteiger charge is 2.05. The molecule has 70 valence electrons. The second-order valence-corrected chi connectivity index (χ2v) is 3.63. The number of unbranched alkanes of at least 4 members (excludes halogenated alkanes) is 1. The summed E-state index contributed by atoms with van der Waals surface area (Å²) in [6.45, 7) is 4.52. The van der Waals surface area contributed by atoms with Gasteiger partial charge in [-0.3, -0.25) is 0 Å². The van der Waals surface area contributed by atoms with E-state index < -0.39 is 0 Å². The van der Waals surface area contributed by atoms with Crippen molar-refractivity contribution in [2.45, 2.75) is 45.6 Å². The van der Waals surface area contributed by atoms with E-state index in [-0.39, 0.29) is 0 Å². The maximum atomic E-state index is 5.18. The molecule has 0 amide bonds. The fraction of sp³-hybridized carbons (Fsp3) is 0.818. The average molecular weight is 167 g/mol. The van der Waals surface area contributed by atoms with Crippen LogP contribution in [0.3, 0.4) is 0 Å². The molecular weight excluding hydrogens is 146 g/mol. The van der Waals surface area contributed by atoms with Crippen LogP contribution in [0.4, 0.5) is 0 Å². The topological polar surface area (TPSA) is 12.0 Å². The predicted octanol–water partition coefficient (Wildman–Crippen LogP) is 2.42. The third kappa shape index (κ3) is 6.24. The summed E-state index contributed by atoms with van der Waals surface area (Å²) in [4.78, 5) is 0. The maximum Gasteiger partial charge on any atom is 0.00861 e. The summed E-state index contributed by atoms with van der Waals surface area (Å²) >= 11 is 0. The zero-order valence-electron chi connectivity index (χ0n) is 8.56. The summed E-state index contributed by atoms with van der Waals surface area (Å²) in [5.41, 5.74) is 0. The molecule has 0 aliphatic heterocycles. The van der Waals surface area contributed by atoms with E-state index in [1.54, 1.807) is 0 Å². The average Bonchev–Trinajstić information content (AvgIpc) is 2.05. The van der Waals surface area contributed by atoms with Gasteiger partial charge >= 0.3 is 0 Å². The van der Waals surface area contributed by atoms with Crippen LogP contribution in [0.15, 0.2) is 0 Å². The van der Waals surface area contributed by atoms with Gasteiger partial charge in [0.2, 0.25) is 0 Å². The Morgan fingerprint density at radius 1 is 1.42 bits per heavy atom. The van der Waals surface area contributed by atoms with Gasteiger partial charge in [-0.15, -0.1) is 12.3 Å². The molecule has 2 unspecified atom stereocenters. The Morgan fingerprint density at radius 2 is 2.08 bits per heavy atom. The maximum absolute atomic E-state index is 5.18. The number of terminal acetylenes is 1. The van der Waals surface area contributed by atoms with Crippen LogP contribution in [0.25, 0.3) is 0 Å². The molecule has 0 rings (SSSR count). The molecule has 0 spiro atoms. The van der Waals surface area contributed by atoms with Gasteiger partial charge in [0.05, 0.1) is 0 Å². The quantitative estimate of drug-likeness (QED) is 0.473. The van der Waals surface area contributed by atoms with E-state index in [2.05, 4.69) is 25.1 Å². The molecule has 2 atom stereocenters. The summed E-state index contributed by atoms with van der Waals surface area (Å²) in [6.07, 6.45) is 9.79. The van der Waals surface area contributed by atoms with Crippen molar-refractivity contribution < 1.29 is 0 Å². The fourth-order valence-corrected chi connectivity index (χ4v) is 1.39. The molecule has 0 fully saturated rings. The van der Waals surface area contributed by atoms with E-state index in [0.29, 0.717) is 6.04 Å². The molecule has 0 aromatic rings. The number of hydrogen-bond acceptors (Lipinski definition) is 1. The van der Waals surface area contributed by atoms with Crippen molar-refractivity contribution in [1.82, 2.24) is 5.32 Å². The van der Waals surface area contributed by atoms with Gasteiger partial charge in [0.25, 0.3) is 0 Å². The summed E-state index contributed by atoms with van der Waals surface area (Å²) in [5, 5.41) is 3.25. The molecule has 0 aliphatic rings. The van der Waals surface area contributed by atoms with Gasteiger partial charge in [-0.05, 0) is 39.2 Å². The van der Waals surface area contributed by atoms with E-state index >= 15 is 0 Å². The number of nitrogens with one attached hydrogen (secondary N) is 1. The van der Waals surface area contributed by atoms with Crippen LogP contribution in [0.1, 0.15) is 39.5 Å². The Hall–Kier alpha value is -0.480. The smallest absolute Gasteiger partial charge is 0.00861 e. The first-order chi connectivity index (χ1) is 5.70. The first-order valence-electron chi connectivity index (χ1n) is 4.81. The Bertz CT molecular complexity index is 134. The third-order valence-corrected chi connectivity index (χ3v) is 2.27. The van der Waals surface area contributed by atoms with Crippen molar-refractivity contribution in [1.29, 1.82) is 0 Å². The second-order valence-electron chi connectivity index (χ2n) is 3.63. The molecule has 0 aromatic carbocycles. The van der Waals surface area contributed by atoms with Gasteiger partial charge in [-0.25, -0.2) is 0 Å². The standard InChI is InChI=1S/C11H21N/c1-5-6-7-8-10(2)9-11(3)12-4/h1,10-12H,6-9H2,2-4H3. The molecule has 0 saturated carbocycles. The Kier molecular flexibility index (Phi) is 6.90. The van der Waals surface area contributed by atoms with E-state index in [1.807, 2.05) is 7.05 Å². The van der Waals surface area contributed by atoms with Crippen LogP contribution in [-0.4, -0.2) is 13.1 Å². The minimum atomic E-state index is 0.630. The molecule has 12 heavy (non-hydrogen) atoms. The lowest BCUT2D eigenvalue weighted by Gasteiger charge is -2.15. The van der Waals surface area contributed by atoms with Gasteiger partial charge in [0.15, 0.2) is 0 Å². The van der Waals surface area contributed by atoms with Gasteiger partial charge < -0.3 is 5.32 Å². The molecular formula is C11H21N. The predicted molar refractivity (Wildman–Crippen MR) is 55.0 cm³/mol. The zero-order valence-corrected chi connectivity index (χ0v) is 8.56. The summed E-state index contributed by atoms with van der Waals surface area (Å²) in [7, 11) is 2.01. The van der Waals surface area contributed by atoms with Crippen LogP contribution < -0.4 is 5.32 Å². The summed E-state index contributed by atoms with van der Waals surface area (Å²) in [5.74, 6) is 3.47. The normalized spacial score (nSPS) is 15.2. The first kappa shape index (κ1) is 11.5. The Balaban J connectivity index is 3.33. The summed E-state index contributed by atoms with van der Waals surface area (Å²) < 4.78 is 0. The van der Waals surface area contributed by atoms with Gasteiger partial charge in [-0.2, -0.15) is 0 Å². The van der Waals surface area contributed by atoms with Crippen LogP contribution in [0.2, 0.25) is 0 Å². The van der Waals surface area contributed by atoms with E-state index in [0.717, 1.165) is 12.3 Å². The van der Waals surface area contributed by atoms with Gasteiger partial charge in [0, 0.05) is 12.5 Å². The van der Waals surface area contributed by atoms with E-state index in [9.17, 15) is 0 Å². The Morgan fingerprint density at radius 3 is 2.58 bits per heavy atom. The number of hydrogen-bond donors (Lipinski definition) is 1. The molecule has 1 heteroatoms. The minimum absolute atomic E-state index is 0.630. The molecule has 1 N–H and O–H groups in total. The van der Waals surface area contributed by atoms with Crippen molar-refractivity contribution in [3.05, 3.63) is 0 Å². The molecule has 0 saturated heterocycles. The van der Waals surface area contributed by atoms with Crippen LogP contribution >= 0.6 is 0 Å². The van der Waals surface area contributed by atoms with Gasteiger partial charge in [0.1, 0.15) is 0 Å². The zero-order chi connectivity index (χ0) is 9.40. The second kappa shape index (κ2) is 7.18. The summed E-state index contributed by atoms with van der Waals surface area (Å²) in [6, 6.07) is 0.630. The van der Waals surface area contributed by atoms with E-state index in [4.69, 9.17) is 6.42 Å². The highest BCUT2D eigenvalue weighted by atomic mass is 14.8. The van der Waals surface area contributed by atoms with Crippen LogP contribution in [0, 0.1) is 18.3 Å². The van der Waals surface area contributed by atoms with Crippen LogP contribution in [0.5, 0.6) is 0 Å². The SMILES string of the molecule is C#CCCCC(C)CC(C)NC. The largest absolute Gasteiger partial charge is 0.317 e. The molecule has 0 aromatic heterocycles. The van der Waals surface area contributed by atoms with Crippen molar-refractivity contribution in [3.63, 3.8) is 0 Å². The monoisotopic (exact) mass is 167 g/mol. The fourth-order valence-electron chi connectivity index (χ4n) is 1.39. The van der Waals surface area contributed by atoms with Crippen molar-refractivity contribution in [2.24, 2.45) is 5.92 Å². The van der Waals surface area contributed by atoms with Crippen LogP contribution in [-0.2, 0) is 0 Å². The highest BCUT2D eigenvalue weighted by Crippen LogP contribution is 2.13. The van der Waals surface area contributed by atoms with Gasteiger partial charge in [-0.1, -0.05) is 6.92 Å². The van der Waals surface area contributed by atoms with Crippen molar-refractivity contribution >= 4 is 0 Å². The molecule has 0 aliphatic carbocycles. The van der Waals surface area contributed by atoms with E-state index in [1.165, 1.54) is 19.3 Å². The lowest BCUT2D eigenvalue weighted by Crippen LogP contribution is -2.23. The molecule has 0 heterocycles. The molecule has 1 nitrogen and oxygen atoms in total. The number of rotatable bonds is 6. The molecule has 0 bridgehead atoms. The highest BCUT2D eigenvalue weighted by molar-refractivity contribution is 4.83. The minimum Gasteiger partial charge on any atom is -0.317 e. The first-order valence-corrected chi connectivity index (χ1v) is 4.81. The van der Waals surface area contributed by atoms with Crippen molar-refractivity contribution in [3.8, 4) is 12.3 Å². The molecule has 0 radical (unpaired) electrons. The van der Waals surface area contributed by atoms with Crippen molar-refractivity contribution in [2.75, 3.05) is 7.05 Å². The lowest BCUT2D eigenvalue weighted by atomic mass is 9.97. The third-order valence-electron chi connectivity index (χ3n) is 2.27.